The van der Waals surface area contributed by atoms with Crippen LogP contribution < -0.4 is 5.56 Å². The Balaban J connectivity index is 2.52. The van der Waals surface area contributed by atoms with E-state index in [1.54, 1.807) is 12.1 Å². The van der Waals surface area contributed by atoms with Crippen molar-refractivity contribution in [2.75, 3.05) is 5.75 Å². The lowest BCUT2D eigenvalue weighted by molar-refractivity contribution is -0.133. The van der Waals surface area contributed by atoms with E-state index in [1.807, 2.05) is 6.92 Å². The van der Waals surface area contributed by atoms with Crippen molar-refractivity contribution in [1.29, 1.82) is 0 Å². The number of carboxylic acid groups (broad SMARTS) is 1. The maximum absolute atomic E-state index is 13.9. The van der Waals surface area contributed by atoms with Crippen LogP contribution in [0.5, 0.6) is 0 Å². The zero-order chi connectivity index (χ0) is 14.7. The van der Waals surface area contributed by atoms with E-state index < -0.39 is 17.3 Å². The van der Waals surface area contributed by atoms with Crippen molar-refractivity contribution < 1.29 is 14.3 Å². The Bertz CT molecular complexity index is 715. The maximum Gasteiger partial charge on any atom is 0.313 e. The number of nitrogens with zero attached hydrogens (tertiary/aromatic N) is 2. The van der Waals surface area contributed by atoms with E-state index in [-0.39, 0.29) is 16.6 Å². The van der Waals surface area contributed by atoms with E-state index in [9.17, 15) is 14.0 Å². The first-order chi connectivity index (χ1) is 9.47. The first-order valence-corrected chi connectivity index (χ1v) is 6.67. The van der Waals surface area contributed by atoms with E-state index in [2.05, 4.69) is 4.98 Å². The number of carbonyl (C=O) groups is 1. The number of aryl methyl sites for hydroxylation is 1. The van der Waals surface area contributed by atoms with Crippen molar-refractivity contribution in [1.82, 2.24) is 9.55 Å². The van der Waals surface area contributed by atoms with Gasteiger partial charge in [0, 0.05) is 12.3 Å². The van der Waals surface area contributed by atoms with Crippen LogP contribution in [0.25, 0.3) is 5.69 Å². The number of halogens is 1. The minimum Gasteiger partial charge on any atom is -0.481 e. The van der Waals surface area contributed by atoms with Crippen molar-refractivity contribution in [2.45, 2.75) is 12.1 Å². The highest BCUT2D eigenvalue weighted by atomic mass is 32.2. The summed E-state index contributed by atoms with van der Waals surface area (Å²) in [5, 5.41) is 8.84. The quantitative estimate of drug-likeness (QED) is 0.688. The average molecular weight is 294 g/mol. The Morgan fingerprint density at radius 2 is 2.20 bits per heavy atom. The Labute approximate surface area is 118 Å². The van der Waals surface area contributed by atoms with Crippen molar-refractivity contribution in [2.24, 2.45) is 0 Å². The van der Waals surface area contributed by atoms with Crippen LogP contribution >= 0.6 is 11.8 Å². The molecule has 0 aliphatic rings. The summed E-state index contributed by atoms with van der Waals surface area (Å²) in [6.45, 7) is 1.81. The zero-order valence-electron chi connectivity index (χ0n) is 10.5. The Hall–Kier alpha value is -2.15. The Kier molecular flexibility index (Phi) is 4.19. The van der Waals surface area contributed by atoms with E-state index in [0.29, 0.717) is 0 Å². The summed E-state index contributed by atoms with van der Waals surface area (Å²) in [5.41, 5.74) is 0.571. The molecule has 0 saturated heterocycles. The van der Waals surface area contributed by atoms with E-state index >= 15 is 0 Å². The molecule has 0 fully saturated rings. The van der Waals surface area contributed by atoms with Gasteiger partial charge in [-0.15, -0.1) is 0 Å². The minimum atomic E-state index is -1.04. The first kappa shape index (κ1) is 14.3. The third-order valence-electron chi connectivity index (χ3n) is 2.46. The number of rotatable bonds is 4. The van der Waals surface area contributed by atoms with Gasteiger partial charge in [0.05, 0.1) is 11.4 Å². The van der Waals surface area contributed by atoms with Crippen LogP contribution in [0.2, 0.25) is 0 Å². The lowest BCUT2D eigenvalue weighted by atomic mass is 10.2. The lowest BCUT2D eigenvalue weighted by Gasteiger charge is -2.12. The molecule has 0 radical (unpaired) electrons. The average Bonchev–Trinajstić information content (AvgIpc) is 2.39. The molecule has 1 aromatic carbocycles. The largest absolute Gasteiger partial charge is 0.481 e. The molecule has 0 bridgehead atoms. The summed E-state index contributed by atoms with van der Waals surface area (Å²) in [6, 6.07) is 5.74. The first-order valence-electron chi connectivity index (χ1n) is 5.68. The third-order valence-corrected chi connectivity index (χ3v) is 3.40. The lowest BCUT2D eigenvalue weighted by Crippen LogP contribution is -2.14. The minimum absolute atomic E-state index is 0.143. The smallest absolute Gasteiger partial charge is 0.313 e. The number of thioether (sulfide) groups is 1. The van der Waals surface area contributed by atoms with Crippen LogP contribution in [0, 0.1) is 12.7 Å². The van der Waals surface area contributed by atoms with Gasteiger partial charge in [0.25, 0.3) is 5.56 Å². The monoisotopic (exact) mass is 294 g/mol. The SMILES string of the molecule is Cc1ccc(F)c(-n2ccc(=O)nc2SCC(=O)O)c1. The van der Waals surface area contributed by atoms with Gasteiger partial charge in [-0.1, -0.05) is 17.8 Å². The van der Waals surface area contributed by atoms with Gasteiger partial charge in [-0.25, -0.2) is 4.39 Å². The van der Waals surface area contributed by atoms with Gasteiger partial charge < -0.3 is 5.11 Å². The molecule has 20 heavy (non-hydrogen) atoms. The van der Waals surface area contributed by atoms with E-state index in [0.717, 1.165) is 17.3 Å². The summed E-state index contributed by atoms with van der Waals surface area (Å²) < 4.78 is 15.3. The van der Waals surface area contributed by atoms with E-state index in [4.69, 9.17) is 5.11 Å². The molecular weight excluding hydrogens is 283 g/mol. The van der Waals surface area contributed by atoms with Crippen LogP contribution in [-0.4, -0.2) is 26.4 Å². The predicted molar refractivity (Wildman–Crippen MR) is 72.9 cm³/mol. The maximum atomic E-state index is 13.9. The molecule has 1 heterocycles. The van der Waals surface area contributed by atoms with Gasteiger partial charge in [-0.3, -0.25) is 14.2 Å². The van der Waals surface area contributed by atoms with Crippen LogP contribution in [0.15, 0.2) is 40.4 Å². The molecule has 1 N–H and O–H groups in total. The molecule has 0 atom stereocenters. The van der Waals surface area contributed by atoms with Crippen LogP contribution in [0.3, 0.4) is 0 Å². The fourth-order valence-corrected chi connectivity index (χ4v) is 2.31. The van der Waals surface area contributed by atoms with Crippen LogP contribution in [0.4, 0.5) is 4.39 Å². The summed E-state index contributed by atoms with van der Waals surface area (Å²) >= 11 is 0.864. The number of hydrogen-bond donors (Lipinski definition) is 1. The molecule has 0 spiro atoms. The van der Waals surface area contributed by atoms with Crippen molar-refractivity contribution in [3.05, 3.63) is 52.2 Å². The van der Waals surface area contributed by atoms with Crippen LogP contribution in [0.1, 0.15) is 5.56 Å². The highest BCUT2D eigenvalue weighted by Gasteiger charge is 2.11. The Morgan fingerprint density at radius 3 is 2.90 bits per heavy atom. The van der Waals surface area contributed by atoms with Gasteiger partial charge in [-0.05, 0) is 24.6 Å². The topological polar surface area (TPSA) is 72.2 Å². The summed E-state index contributed by atoms with van der Waals surface area (Å²) in [7, 11) is 0. The molecule has 0 amide bonds. The molecule has 104 valence electrons. The molecule has 0 saturated carbocycles. The second-order valence-corrected chi connectivity index (χ2v) is 5.00. The summed E-state index contributed by atoms with van der Waals surface area (Å²) in [5.74, 6) is -1.77. The number of benzene rings is 1. The molecule has 0 aliphatic carbocycles. The van der Waals surface area contributed by atoms with Gasteiger partial charge in [-0.2, -0.15) is 4.98 Å². The normalized spacial score (nSPS) is 10.5. The summed E-state index contributed by atoms with van der Waals surface area (Å²) in [6.07, 6.45) is 1.39. The van der Waals surface area contributed by atoms with Gasteiger partial charge in [0.15, 0.2) is 5.16 Å². The van der Waals surface area contributed by atoms with Crippen molar-refractivity contribution >= 4 is 17.7 Å². The Morgan fingerprint density at radius 1 is 1.45 bits per heavy atom. The van der Waals surface area contributed by atoms with Crippen LogP contribution in [-0.2, 0) is 4.79 Å². The number of aromatic nitrogens is 2. The number of aliphatic carboxylic acids is 1. The second kappa shape index (κ2) is 5.87. The zero-order valence-corrected chi connectivity index (χ0v) is 11.4. The standard InChI is InChI=1S/C13H11FN2O3S/c1-8-2-3-9(14)10(6-8)16-5-4-11(17)15-13(16)20-7-12(18)19/h2-6H,7H2,1H3,(H,18,19). The molecule has 2 aromatic rings. The molecule has 0 unspecified atom stereocenters. The molecule has 1 aromatic heterocycles. The molecule has 7 heteroatoms. The number of hydrogen-bond acceptors (Lipinski definition) is 4. The third kappa shape index (κ3) is 3.24. The molecule has 2 rings (SSSR count). The molecular formula is C13H11FN2O3S. The highest BCUT2D eigenvalue weighted by molar-refractivity contribution is 7.99. The fraction of sp³-hybridized carbons (Fsp3) is 0.154. The van der Waals surface area contributed by atoms with Gasteiger partial charge in [0.1, 0.15) is 5.82 Å². The molecule has 5 nitrogen and oxygen atoms in total. The summed E-state index contributed by atoms with van der Waals surface area (Å²) in [4.78, 5) is 25.6. The van der Waals surface area contributed by atoms with Crippen molar-refractivity contribution in [3.8, 4) is 5.69 Å². The highest BCUT2D eigenvalue weighted by Crippen LogP contribution is 2.21. The predicted octanol–water partition coefficient (Wildman–Crippen LogP) is 1.86. The van der Waals surface area contributed by atoms with Gasteiger partial charge in [0.2, 0.25) is 0 Å². The second-order valence-electron chi connectivity index (χ2n) is 4.06. The molecule has 0 aliphatic heterocycles. The van der Waals surface area contributed by atoms with E-state index in [1.165, 1.54) is 22.9 Å². The fourth-order valence-electron chi connectivity index (χ4n) is 1.61. The van der Waals surface area contributed by atoms with Gasteiger partial charge >= 0.3 is 5.97 Å². The number of carboxylic acids is 1. The van der Waals surface area contributed by atoms with Crippen molar-refractivity contribution in [3.63, 3.8) is 0 Å².